The monoisotopic (exact) mass is 619 g/mol. The molecule has 0 heteroatoms. The fraction of sp³-hybridized carbons (Fsp3) is 1.00. The van der Waals surface area contributed by atoms with E-state index < -0.39 is 0 Å². The molecule has 0 aliphatic rings. The Morgan fingerprint density at radius 2 is 0.341 bits per heavy atom. The van der Waals surface area contributed by atoms with Crippen LogP contribution >= 0.6 is 0 Å². The van der Waals surface area contributed by atoms with Gasteiger partial charge in [0.2, 0.25) is 0 Å². The van der Waals surface area contributed by atoms with E-state index >= 15 is 0 Å². The van der Waals surface area contributed by atoms with Crippen molar-refractivity contribution in [1.82, 2.24) is 0 Å². The van der Waals surface area contributed by atoms with Crippen molar-refractivity contribution in [3.8, 4) is 0 Å². The van der Waals surface area contributed by atoms with Crippen molar-refractivity contribution in [2.24, 2.45) is 5.92 Å². The van der Waals surface area contributed by atoms with Gasteiger partial charge in [0.1, 0.15) is 0 Å². The summed E-state index contributed by atoms with van der Waals surface area (Å²) in [6.07, 6.45) is 59.3. The van der Waals surface area contributed by atoms with Crippen LogP contribution in [-0.4, -0.2) is 0 Å². The lowest BCUT2D eigenvalue weighted by molar-refractivity contribution is 0.370. The molecule has 0 radical (unpaired) electrons. The summed E-state index contributed by atoms with van der Waals surface area (Å²) in [5.41, 5.74) is 0. The van der Waals surface area contributed by atoms with Gasteiger partial charge in [0.05, 0.1) is 0 Å². The second kappa shape index (κ2) is 41.0. The number of hydrogen-bond acceptors (Lipinski definition) is 0. The summed E-state index contributed by atoms with van der Waals surface area (Å²) in [5, 5.41) is 0. The van der Waals surface area contributed by atoms with Crippen LogP contribution in [0.2, 0.25) is 0 Å². The lowest BCUT2D eigenvalue weighted by Crippen LogP contribution is -2.01. The molecule has 0 nitrogen and oxygen atoms in total. The molecule has 1 unspecified atom stereocenters. The first-order valence-corrected chi connectivity index (χ1v) is 21.8. The molecule has 0 aromatic heterocycles. The minimum atomic E-state index is 1.03. The molecule has 0 rings (SSSR count). The van der Waals surface area contributed by atoms with Crippen LogP contribution in [0.4, 0.5) is 0 Å². The van der Waals surface area contributed by atoms with Crippen LogP contribution in [-0.2, 0) is 0 Å². The zero-order valence-electron chi connectivity index (χ0n) is 31.9. The third-order valence-corrected chi connectivity index (χ3v) is 10.6. The molecule has 0 saturated heterocycles. The first-order valence-electron chi connectivity index (χ1n) is 21.8. The third kappa shape index (κ3) is 38.2. The van der Waals surface area contributed by atoms with Gasteiger partial charge in [0.15, 0.2) is 0 Å². The second-order valence-corrected chi connectivity index (χ2v) is 15.3. The highest BCUT2D eigenvalue weighted by molar-refractivity contribution is 4.62. The van der Waals surface area contributed by atoms with Gasteiger partial charge in [-0.05, 0) is 5.92 Å². The van der Waals surface area contributed by atoms with Crippen molar-refractivity contribution < 1.29 is 0 Å². The maximum absolute atomic E-state index is 2.38. The van der Waals surface area contributed by atoms with E-state index in [0.29, 0.717) is 0 Å². The van der Waals surface area contributed by atoms with E-state index in [-0.39, 0.29) is 0 Å². The van der Waals surface area contributed by atoms with Gasteiger partial charge in [-0.25, -0.2) is 0 Å². The number of unbranched alkanes of at least 4 members (excludes halogenated alkanes) is 34. The van der Waals surface area contributed by atoms with Crippen molar-refractivity contribution in [3.63, 3.8) is 0 Å². The first-order chi connectivity index (χ1) is 21.8. The van der Waals surface area contributed by atoms with Gasteiger partial charge in [-0.15, -0.1) is 0 Å². The lowest BCUT2D eigenvalue weighted by atomic mass is 9.90. The Balaban J connectivity index is 3.41. The molecule has 0 N–H and O–H groups in total. The summed E-state index contributed by atoms with van der Waals surface area (Å²) >= 11 is 0. The molecule has 0 aromatic carbocycles. The Kier molecular flexibility index (Phi) is 41.0. The standard InChI is InChI=1S/C44H90/c1-4-7-10-12-14-16-18-20-22-23-24-25-26-27-28-30-32-34-36-38-40-43-44(41-9-6-3)42-39-37-35-33-31-29-21-19-17-15-13-11-8-5-2/h44H,4-43H2,1-3H3. The number of rotatable bonds is 40. The fourth-order valence-electron chi connectivity index (χ4n) is 7.42. The van der Waals surface area contributed by atoms with Crippen LogP contribution < -0.4 is 0 Å². The minimum absolute atomic E-state index is 1.03. The molecule has 0 aliphatic carbocycles. The highest BCUT2D eigenvalue weighted by Crippen LogP contribution is 2.24. The summed E-state index contributed by atoms with van der Waals surface area (Å²) in [4.78, 5) is 0. The normalized spacial score (nSPS) is 12.3. The average molecular weight is 619 g/mol. The second-order valence-electron chi connectivity index (χ2n) is 15.3. The average Bonchev–Trinajstić information content (AvgIpc) is 3.04. The molecule has 0 amide bonds. The minimum Gasteiger partial charge on any atom is -0.0654 e. The van der Waals surface area contributed by atoms with E-state index in [0.717, 1.165) is 5.92 Å². The highest BCUT2D eigenvalue weighted by Gasteiger charge is 2.08. The van der Waals surface area contributed by atoms with Gasteiger partial charge in [0, 0.05) is 0 Å². The zero-order valence-corrected chi connectivity index (χ0v) is 31.9. The number of hydrogen-bond donors (Lipinski definition) is 0. The Labute approximate surface area is 282 Å². The van der Waals surface area contributed by atoms with Crippen LogP contribution in [0, 0.1) is 5.92 Å². The molecule has 0 heterocycles. The van der Waals surface area contributed by atoms with Gasteiger partial charge < -0.3 is 0 Å². The van der Waals surface area contributed by atoms with E-state index in [1.807, 2.05) is 0 Å². The van der Waals surface area contributed by atoms with Gasteiger partial charge in [0.25, 0.3) is 0 Å². The smallest absolute Gasteiger partial charge is 0.0414 e. The molecule has 0 fully saturated rings. The molecule has 0 aromatic rings. The van der Waals surface area contributed by atoms with E-state index in [2.05, 4.69) is 20.8 Å². The van der Waals surface area contributed by atoms with Gasteiger partial charge in [-0.3, -0.25) is 0 Å². The third-order valence-electron chi connectivity index (χ3n) is 10.6. The quantitative estimate of drug-likeness (QED) is 0.0599. The molecular weight excluding hydrogens is 528 g/mol. The Morgan fingerprint density at radius 3 is 0.545 bits per heavy atom. The Hall–Kier alpha value is 0. The van der Waals surface area contributed by atoms with E-state index in [1.54, 1.807) is 0 Å². The lowest BCUT2D eigenvalue weighted by Gasteiger charge is -2.16. The van der Waals surface area contributed by atoms with Crippen LogP contribution in [0.25, 0.3) is 0 Å². The molecule has 266 valence electrons. The van der Waals surface area contributed by atoms with E-state index in [1.165, 1.54) is 257 Å². The van der Waals surface area contributed by atoms with Crippen molar-refractivity contribution in [3.05, 3.63) is 0 Å². The Bertz CT molecular complexity index is 467. The zero-order chi connectivity index (χ0) is 31.9. The summed E-state index contributed by atoms with van der Waals surface area (Å²) in [6, 6.07) is 0. The molecular formula is C44H90. The molecule has 0 spiro atoms. The van der Waals surface area contributed by atoms with Crippen molar-refractivity contribution >= 4 is 0 Å². The van der Waals surface area contributed by atoms with Crippen LogP contribution in [0.5, 0.6) is 0 Å². The van der Waals surface area contributed by atoms with Crippen molar-refractivity contribution in [2.45, 2.75) is 278 Å². The van der Waals surface area contributed by atoms with Crippen LogP contribution in [0.1, 0.15) is 278 Å². The van der Waals surface area contributed by atoms with E-state index in [4.69, 9.17) is 0 Å². The maximum atomic E-state index is 2.38. The first kappa shape index (κ1) is 44.0. The predicted octanol–water partition coefficient (Wildman–Crippen LogP) is 17.3. The topological polar surface area (TPSA) is 0 Å². The maximum Gasteiger partial charge on any atom is -0.0414 e. The highest BCUT2D eigenvalue weighted by atomic mass is 14.1. The van der Waals surface area contributed by atoms with Crippen molar-refractivity contribution in [2.75, 3.05) is 0 Å². The largest absolute Gasteiger partial charge is 0.0654 e. The summed E-state index contributed by atoms with van der Waals surface area (Å²) in [5.74, 6) is 1.03. The molecule has 0 bridgehead atoms. The van der Waals surface area contributed by atoms with Gasteiger partial charge >= 0.3 is 0 Å². The Morgan fingerprint density at radius 1 is 0.182 bits per heavy atom. The van der Waals surface area contributed by atoms with Crippen LogP contribution in [0.15, 0.2) is 0 Å². The summed E-state index contributed by atoms with van der Waals surface area (Å²) in [6.45, 7) is 7.00. The molecule has 0 aliphatic heterocycles. The van der Waals surface area contributed by atoms with Gasteiger partial charge in [-0.2, -0.15) is 0 Å². The molecule has 1 atom stereocenters. The predicted molar refractivity (Wildman–Crippen MR) is 205 cm³/mol. The fourth-order valence-corrected chi connectivity index (χ4v) is 7.42. The molecule has 44 heavy (non-hydrogen) atoms. The van der Waals surface area contributed by atoms with Crippen molar-refractivity contribution in [1.29, 1.82) is 0 Å². The summed E-state index contributed by atoms with van der Waals surface area (Å²) < 4.78 is 0. The van der Waals surface area contributed by atoms with E-state index in [9.17, 15) is 0 Å². The van der Waals surface area contributed by atoms with Crippen LogP contribution in [0.3, 0.4) is 0 Å². The SMILES string of the molecule is CCCCCCCCCCCCCCCCCCCCCCCC(CCCC)CCCCCCCCCCCCCCCC. The van der Waals surface area contributed by atoms with Gasteiger partial charge in [-0.1, -0.05) is 278 Å². The molecule has 0 saturated carbocycles. The summed E-state index contributed by atoms with van der Waals surface area (Å²) in [7, 11) is 0.